The average Bonchev–Trinajstić information content (AvgIpc) is 2.92. The van der Waals surface area contributed by atoms with Gasteiger partial charge in [0.05, 0.1) is 6.20 Å². The minimum absolute atomic E-state index is 0.283. The lowest BCUT2D eigenvalue weighted by molar-refractivity contribution is 0.0362. The molecule has 0 aromatic carbocycles. The molecule has 23 heavy (non-hydrogen) atoms. The molecule has 1 aliphatic rings. The zero-order valence-electron chi connectivity index (χ0n) is 13.4. The molecule has 1 fully saturated rings. The second-order valence-corrected chi connectivity index (χ2v) is 6.58. The standard InChI is InChI=1S/C15H19N5O3/c1-14(2,3)22-13(21)19-15(5-4-6-15)12-18-11(23-20-12)10-9-16-7-8-17-10/h7-9H,4-6H2,1-3H3,(H,19,21). The molecule has 0 spiro atoms. The number of carbonyl (C=O) groups excluding carboxylic acids is 1. The molecule has 122 valence electrons. The largest absolute Gasteiger partial charge is 0.444 e. The lowest BCUT2D eigenvalue weighted by Crippen LogP contribution is -2.52. The second kappa shape index (κ2) is 5.60. The van der Waals surface area contributed by atoms with Gasteiger partial charge in [-0.05, 0) is 40.0 Å². The zero-order chi connectivity index (χ0) is 16.5. The van der Waals surface area contributed by atoms with Crippen molar-refractivity contribution in [1.29, 1.82) is 0 Å². The minimum atomic E-state index is -0.633. The normalized spacial score (nSPS) is 16.5. The number of rotatable bonds is 3. The van der Waals surface area contributed by atoms with Crippen molar-refractivity contribution < 1.29 is 14.1 Å². The zero-order valence-corrected chi connectivity index (χ0v) is 13.4. The van der Waals surface area contributed by atoms with Crippen molar-refractivity contribution in [1.82, 2.24) is 25.4 Å². The van der Waals surface area contributed by atoms with Crippen molar-refractivity contribution in [2.45, 2.75) is 51.2 Å². The molecule has 0 bridgehead atoms. The fourth-order valence-electron chi connectivity index (χ4n) is 2.37. The average molecular weight is 317 g/mol. The molecule has 1 saturated carbocycles. The van der Waals surface area contributed by atoms with Crippen LogP contribution in [0.1, 0.15) is 45.9 Å². The number of aromatic nitrogens is 4. The van der Waals surface area contributed by atoms with Gasteiger partial charge in [0.15, 0.2) is 5.82 Å². The highest BCUT2D eigenvalue weighted by Crippen LogP contribution is 2.40. The van der Waals surface area contributed by atoms with Crippen LogP contribution in [-0.4, -0.2) is 31.8 Å². The van der Waals surface area contributed by atoms with Crippen molar-refractivity contribution >= 4 is 6.09 Å². The Morgan fingerprint density at radius 2 is 2.13 bits per heavy atom. The Labute approximate surface area is 133 Å². The smallest absolute Gasteiger partial charge is 0.408 e. The molecule has 3 rings (SSSR count). The first-order valence-electron chi connectivity index (χ1n) is 7.50. The Balaban J connectivity index is 1.79. The number of ether oxygens (including phenoxy) is 1. The summed E-state index contributed by atoms with van der Waals surface area (Å²) in [6.45, 7) is 5.46. The Bertz CT molecular complexity index is 689. The Morgan fingerprint density at radius 3 is 2.70 bits per heavy atom. The maximum absolute atomic E-state index is 12.1. The van der Waals surface area contributed by atoms with E-state index in [0.29, 0.717) is 11.5 Å². The number of hydrogen-bond donors (Lipinski definition) is 1. The van der Waals surface area contributed by atoms with E-state index in [1.807, 2.05) is 20.8 Å². The summed E-state index contributed by atoms with van der Waals surface area (Å²) in [5.41, 5.74) is -0.693. The first kappa shape index (κ1) is 15.4. The van der Waals surface area contributed by atoms with Crippen molar-refractivity contribution in [3.63, 3.8) is 0 Å². The topological polar surface area (TPSA) is 103 Å². The molecule has 2 aromatic heterocycles. The molecule has 2 aromatic rings. The molecule has 2 heterocycles. The SMILES string of the molecule is CC(C)(C)OC(=O)NC1(c2noc(-c3cnccn3)n2)CCC1. The summed E-state index contributed by atoms with van der Waals surface area (Å²) in [7, 11) is 0. The van der Waals surface area contributed by atoms with Crippen LogP contribution in [0.4, 0.5) is 4.79 Å². The fraction of sp³-hybridized carbons (Fsp3) is 0.533. The Kier molecular flexibility index (Phi) is 3.75. The summed E-state index contributed by atoms with van der Waals surface area (Å²) in [5, 5.41) is 6.90. The second-order valence-electron chi connectivity index (χ2n) is 6.58. The number of alkyl carbamates (subject to hydrolysis) is 1. The highest BCUT2D eigenvalue weighted by atomic mass is 16.6. The molecule has 1 aliphatic carbocycles. The van der Waals surface area contributed by atoms with E-state index in [9.17, 15) is 4.79 Å². The van der Waals surface area contributed by atoms with Crippen LogP contribution in [-0.2, 0) is 10.3 Å². The molecule has 0 atom stereocenters. The van der Waals surface area contributed by atoms with Gasteiger partial charge in [0, 0.05) is 12.4 Å². The van der Waals surface area contributed by atoms with Gasteiger partial charge in [0.2, 0.25) is 0 Å². The third kappa shape index (κ3) is 3.30. The van der Waals surface area contributed by atoms with Gasteiger partial charge in [0.25, 0.3) is 5.89 Å². The quantitative estimate of drug-likeness (QED) is 0.927. The van der Waals surface area contributed by atoms with E-state index < -0.39 is 17.2 Å². The summed E-state index contributed by atoms with van der Waals surface area (Å²) in [4.78, 5) is 24.6. The lowest BCUT2D eigenvalue weighted by Gasteiger charge is -2.39. The minimum Gasteiger partial charge on any atom is -0.444 e. The van der Waals surface area contributed by atoms with Crippen molar-refractivity contribution in [3.8, 4) is 11.6 Å². The van der Waals surface area contributed by atoms with E-state index in [1.54, 1.807) is 18.6 Å². The molecule has 0 unspecified atom stereocenters. The van der Waals surface area contributed by atoms with Crippen LogP contribution in [0.2, 0.25) is 0 Å². The van der Waals surface area contributed by atoms with Crippen LogP contribution in [0.25, 0.3) is 11.6 Å². The molecule has 1 N–H and O–H groups in total. The van der Waals surface area contributed by atoms with E-state index >= 15 is 0 Å². The summed E-state index contributed by atoms with van der Waals surface area (Å²) < 4.78 is 10.6. The fourth-order valence-corrected chi connectivity index (χ4v) is 2.37. The lowest BCUT2D eigenvalue weighted by atomic mass is 9.76. The van der Waals surface area contributed by atoms with Gasteiger partial charge >= 0.3 is 6.09 Å². The van der Waals surface area contributed by atoms with E-state index in [4.69, 9.17) is 9.26 Å². The number of nitrogens with zero attached hydrogens (tertiary/aromatic N) is 4. The molecular formula is C15H19N5O3. The van der Waals surface area contributed by atoms with Gasteiger partial charge in [-0.1, -0.05) is 5.16 Å². The summed E-state index contributed by atoms with van der Waals surface area (Å²) in [6.07, 6.45) is 6.65. The van der Waals surface area contributed by atoms with E-state index in [0.717, 1.165) is 19.3 Å². The summed E-state index contributed by atoms with van der Waals surface area (Å²) in [5.74, 6) is 0.723. The molecule has 8 nitrogen and oxygen atoms in total. The van der Waals surface area contributed by atoms with Crippen molar-refractivity contribution in [2.24, 2.45) is 0 Å². The highest BCUT2D eigenvalue weighted by molar-refractivity contribution is 5.69. The molecule has 1 amide bonds. The van der Waals surface area contributed by atoms with E-state index in [-0.39, 0.29) is 5.89 Å². The Morgan fingerprint density at radius 1 is 1.35 bits per heavy atom. The van der Waals surface area contributed by atoms with E-state index in [2.05, 4.69) is 25.4 Å². The first-order chi connectivity index (χ1) is 10.9. The predicted octanol–water partition coefficient (Wildman–Crippen LogP) is 2.43. The molecule has 8 heteroatoms. The number of nitrogens with one attached hydrogen (secondary N) is 1. The monoisotopic (exact) mass is 317 g/mol. The first-order valence-corrected chi connectivity index (χ1v) is 7.50. The van der Waals surface area contributed by atoms with Gasteiger partial charge in [-0.15, -0.1) is 0 Å². The van der Waals surface area contributed by atoms with Gasteiger partial charge in [-0.2, -0.15) is 4.98 Å². The summed E-state index contributed by atoms with van der Waals surface area (Å²) in [6, 6.07) is 0. The highest BCUT2D eigenvalue weighted by Gasteiger charge is 2.45. The number of amides is 1. The van der Waals surface area contributed by atoms with Crippen molar-refractivity contribution in [2.75, 3.05) is 0 Å². The van der Waals surface area contributed by atoms with Gasteiger partial charge < -0.3 is 14.6 Å². The maximum Gasteiger partial charge on any atom is 0.408 e. The maximum atomic E-state index is 12.1. The van der Waals surface area contributed by atoms with Crippen LogP contribution >= 0.6 is 0 Å². The van der Waals surface area contributed by atoms with Crippen LogP contribution in [0.15, 0.2) is 23.1 Å². The van der Waals surface area contributed by atoms with Crippen LogP contribution < -0.4 is 5.32 Å². The van der Waals surface area contributed by atoms with Crippen LogP contribution in [0.3, 0.4) is 0 Å². The van der Waals surface area contributed by atoms with E-state index in [1.165, 1.54) is 0 Å². The predicted molar refractivity (Wildman–Crippen MR) is 80.2 cm³/mol. The number of hydrogen-bond acceptors (Lipinski definition) is 7. The molecular weight excluding hydrogens is 298 g/mol. The van der Waals surface area contributed by atoms with Gasteiger partial charge in [0.1, 0.15) is 16.8 Å². The number of carbonyl (C=O) groups is 1. The van der Waals surface area contributed by atoms with Crippen molar-refractivity contribution in [3.05, 3.63) is 24.4 Å². The van der Waals surface area contributed by atoms with Crippen LogP contribution in [0.5, 0.6) is 0 Å². The summed E-state index contributed by atoms with van der Waals surface area (Å²) >= 11 is 0. The van der Waals surface area contributed by atoms with Gasteiger partial charge in [-0.25, -0.2) is 9.78 Å². The Hall–Kier alpha value is -2.51. The van der Waals surface area contributed by atoms with Gasteiger partial charge in [-0.3, -0.25) is 4.98 Å². The molecule has 0 aliphatic heterocycles. The molecule has 0 radical (unpaired) electrons. The molecule has 0 saturated heterocycles. The third-order valence-electron chi connectivity index (χ3n) is 3.58. The third-order valence-corrected chi connectivity index (χ3v) is 3.58. The van der Waals surface area contributed by atoms with Crippen LogP contribution in [0, 0.1) is 0 Å².